The minimum Gasteiger partial charge on any atom is -0.454 e. The third-order valence-electron chi connectivity index (χ3n) is 4.30. The lowest BCUT2D eigenvalue weighted by Crippen LogP contribution is -2.15. The van der Waals surface area contributed by atoms with Gasteiger partial charge in [-0.2, -0.15) is 0 Å². The summed E-state index contributed by atoms with van der Waals surface area (Å²) >= 11 is 0. The Hall–Kier alpha value is -3.53. The molecule has 150 valence electrons. The molecule has 0 bridgehead atoms. The first kappa shape index (κ1) is 20.2. The second-order valence-electron chi connectivity index (χ2n) is 6.38. The van der Waals surface area contributed by atoms with Crippen molar-refractivity contribution in [2.45, 2.75) is 11.8 Å². The molecule has 0 aliphatic rings. The van der Waals surface area contributed by atoms with Gasteiger partial charge in [-0.3, -0.25) is 14.9 Å². The molecule has 0 amide bonds. The fourth-order valence-electron chi connectivity index (χ4n) is 3.02. The molecular formula is C19H16N2O7S. The van der Waals surface area contributed by atoms with E-state index in [9.17, 15) is 28.1 Å². The lowest BCUT2D eigenvalue weighted by molar-refractivity contribution is -0.387. The first-order chi connectivity index (χ1) is 13.6. The number of aryl methyl sites for hydroxylation is 1. The van der Waals surface area contributed by atoms with E-state index in [0.29, 0.717) is 16.6 Å². The van der Waals surface area contributed by atoms with Crippen molar-refractivity contribution in [3.8, 4) is 0 Å². The van der Waals surface area contributed by atoms with Crippen molar-refractivity contribution < 1.29 is 27.7 Å². The molecule has 0 fully saturated rings. The Labute approximate surface area is 165 Å². The summed E-state index contributed by atoms with van der Waals surface area (Å²) in [6.07, 6.45) is 0.829. The Balaban J connectivity index is 1.82. The highest BCUT2D eigenvalue weighted by Crippen LogP contribution is 2.26. The number of carbonyl (C=O) groups is 2. The Morgan fingerprint density at radius 1 is 1.17 bits per heavy atom. The summed E-state index contributed by atoms with van der Waals surface area (Å²) in [5.41, 5.74) is 0.826. The lowest BCUT2D eigenvalue weighted by Gasteiger charge is -2.06. The van der Waals surface area contributed by atoms with Crippen LogP contribution in [-0.4, -0.2) is 42.9 Å². The molecule has 0 unspecified atom stereocenters. The number of benzene rings is 2. The average Bonchev–Trinajstić information content (AvgIpc) is 3.00. The molecule has 3 aromatic rings. The number of esters is 1. The van der Waals surface area contributed by atoms with Gasteiger partial charge in [-0.1, -0.05) is 18.2 Å². The van der Waals surface area contributed by atoms with Gasteiger partial charge in [-0.25, -0.2) is 13.2 Å². The van der Waals surface area contributed by atoms with Gasteiger partial charge in [0.05, 0.1) is 10.5 Å². The first-order valence-electron chi connectivity index (χ1n) is 8.35. The minimum atomic E-state index is -3.85. The molecule has 0 aliphatic carbocycles. The van der Waals surface area contributed by atoms with Crippen LogP contribution in [0.15, 0.2) is 47.4 Å². The van der Waals surface area contributed by atoms with Gasteiger partial charge in [0.25, 0.3) is 5.69 Å². The maximum absolute atomic E-state index is 12.6. The Bertz CT molecular complexity index is 1260. The number of sulfone groups is 1. The molecule has 1 aromatic heterocycles. The van der Waals surface area contributed by atoms with Gasteiger partial charge in [-0.05, 0) is 25.1 Å². The van der Waals surface area contributed by atoms with Crippen molar-refractivity contribution in [2.75, 3.05) is 12.9 Å². The van der Waals surface area contributed by atoms with Crippen LogP contribution in [-0.2, 0) is 14.6 Å². The molecule has 0 radical (unpaired) electrons. The van der Waals surface area contributed by atoms with Crippen LogP contribution in [0.5, 0.6) is 0 Å². The molecule has 2 aromatic carbocycles. The van der Waals surface area contributed by atoms with Crippen LogP contribution in [0.3, 0.4) is 0 Å². The Morgan fingerprint density at radius 2 is 1.86 bits per heavy atom. The number of ether oxygens (including phenoxy) is 1. The van der Waals surface area contributed by atoms with Gasteiger partial charge in [0, 0.05) is 34.5 Å². The number of nitrogens with zero attached hydrogens (tertiary/aromatic N) is 1. The SMILES string of the molecule is Cc1[nH]c2ccccc2c1C(=O)COC(=O)c1ccc(S(C)(=O)=O)c([N+](=O)[O-])c1. The van der Waals surface area contributed by atoms with E-state index in [4.69, 9.17) is 4.74 Å². The summed E-state index contributed by atoms with van der Waals surface area (Å²) in [6.45, 7) is 1.16. The third kappa shape index (κ3) is 4.02. The third-order valence-corrected chi connectivity index (χ3v) is 5.44. The highest BCUT2D eigenvalue weighted by molar-refractivity contribution is 7.90. The highest BCUT2D eigenvalue weighted by atomic mass is 32.2. The van der Waals surface area contributed by atoms with E-state index in [1.165, 1.54) is 0 Å². The number of H-pyrrole nitrogens is 1. The number of para-hydroxylation sites is 1. The van der Waals surface area contributed by atoms with E-state index in [1.807, 2.05) is 12.1 Å². The zero-order chi connectivity index (χ0) is 21.3. The van der Waals surface area contributed by atoms with Gasteiger partial charge < -0.3 is 9.72 Å². The van der Waals surface area contributed by atoms with Crippen LogP contribution in [0.2, 0.25) is 0 Å². The highest BCUT2D eigenvalue weighted by Gasteiger charge is 2.25. The van der Waals surface area contributed by atoms with Crippen LogP contribution in [0.4, 0.5) is 5.69 Å². The van der Waals surface area contributed by atoms with E-state index in [0.717, 1.165) is 30.0 Å². The first-order valence-corrected chi connectivity index (χ1v) is 10.2. The molecule has 0 aliphatic heterocycles. The van der Waals surface area contributed by atoms with Crippen LogP contribution >= 0.6 is 0 Å². The van der Waals surface area contributed by atoms with Gasteiger partial charge in [0.15, 0.2) is 16.4 Å². The van der Waals surface area contributed by atoms with Crippen molar-refractivity contribution in [1.29, 1.82) is 0 Å². The number of fused-ring (bicyclic) bond motifs is 1. The molecule has 29 heavy (non-hydrogen) atoms. The predicted molar refractivity (Wildman–Crippen MR) is 104 cm³/mol. The zero-order valence-electron chi connectivity index (χ0n) is 15.5. The number of aromatic amines is 1. The van der Waals surface area contributed by atoms with Gasteiger partial charge in [-0.15, -0.1) is 0 Å². The molecule has 0 saturated heterocycles. The quantitative estimate of drug-likeness (QED) is 0.282. The molecule has 9 nitrogen and oxygen atoms in total. The fourth-order valence-corrected chi connectivity index (χ4v) is 3.85. The van der Waals surface area contributed by atoms with Crippen LogP contribution in [0.1, 0.15) is 26.4 Å². The number of rotatable bonds is 6. The zero-order valence-corrected chi connectivity index (χ0v) is 16.3. The molecule has 0 saturated carbocycles. The van der Waals surface area contributed by atoms with Crippen LogP contribution in [0.25, 0.3) is 10.9 Å². The topological polar surface area (TPSA) is 136 Å². The predicted octanol–water partition coefficient (Wildman–Crippen LogP) is 2.83. The summed E-state index contributed by atoms with van der Waals surface area (Å²) in [5, 5.41) is 11.9. The normalized spacial score (nSPS) is 11.4. The molecular weight excluding hydrogens is 400 g/mol. The fraction of sp³-hybridized carbons (Fsp3) is 0.158. The lowest BCUT2D eigenvalue weighted by atomic mass is 10.1. The molecule has 1 N–H and O–H groups in total. The van der Waals surface area contributed by atoms with Crippen molar-refractivity contribution >= 4 is 38.2 Å². The van der Waals surface area contributed by atoms with E-state index < -0.39 is 43.7 Å². The summed E-state index contributed by atoms with van der Waals surface area (Å²) in [5.74, 6) is -1.41. The van der Waals surface area contributed by atoms with Crippen LogP contribution in [0, 0.1) is 17.0 Å². The number of hydrogen-bond donors (Lipinski definition) is 1. The number of aromatic nitrogens is 1. The number of nitro benzene ring substituents is 1. The monoisotopic (exact) mass is 416 g/mol. The van der Waals surface area contributed by atoms with E-state index in [1.54, 1.807) is 19.1 Å². The average molecular weight is 416 g/mol. The summed E-state index contributed by atoms with van der Waals surface area (Å²) in [4.78, 5) is 37.6. The van der Waals surface area contributed by atoms with Crippen molar-refractivity contribution in [1.82, 2.24) is 4.98 Å². The van der Waals surface area contributed by atoms with Crippen molar-refractivity contribution in [3.05, 3.63) is 69.4 Å². The smallest absolute Gasteiger partial charge is 0.338 e. The summed E-state index contributed by atoms with van der Waals surface area (Å²) in [7, 11) is -3.85. The maximum Gasteiger partial charge on any atom is 0.338 e. The van der Waals surface area contributed by atoms with Gasteiger partial charge >= 0.3 is 5.97 Å². The second kappa shape index (κ2) is 7.47. The molecule has 1 heterocycles. The summed E-state index contributed by atoms with van der Waals surface area (Å²) < 4.78 is 28.3. The Morgan fingerprint density at radius 3 is 2.52 bits per heavy atom. The van der Waals surface area contributed by atoms with Crippen molar-refractivity contribution in [3.63, 3.8) is 0 Å². The number of Topliss-reactive ketones (excluding diaryl/α,β-unsaturated/α-hetero) is 1. The number of nitro groups is 1. The molecule has 3 rings (SSSR count). The number of ketones is 1. The Kier molecular flexibility index (Phi) is 5.21. The van der Waals surface area contributed by atoms with E-state index >= 15 is 0 Å². The van der Waals surface area contributed by atoms with Crippen LogP contribution < -0.4 is 0 Å². The van der Waals surface area contributed by atoms with E-state index in [2.05, 4.69) is 4.98 Å². The summed E-state index contributed by atoms with van der Waals surface area (Å²) in [6, 6.07) is 10.1. The van der Waals surface area contributed by atoms with Gasteiger partial charge in [0.2, 0.25) is 5.78 Å². The number of carbonyl (C=O) groups excluding carboxylic acids is 2. The second-order valence-corrected chi connectivity index (χ2v) is 8.37. The largest absolute Gasteiger partial charge is 0.454 e. The standard InChI is InChI=1S/C19H16N2O7S/c1-11-18(13-5-3-4-6-14(13)20-11)16(22)10-28-19(23)12-7-8-17(29(2,26)27)15(9-12)21(24)25/h3-9,20H,10H2,1-2H3. The number of nitrogens with one attached hydrogen (secondary N) is 1. The van der Waals surface area contributed by atoms with E-state index in [-0.39, 0.29) is 5.56 Å². The molecule has 0 atom stereocenters. The number of hydrogen-bond acceptors (Lipinski definition) is 7. The van der Waals surface area contributed by atoms with Crippen molar-refractivity contribution in [2.24, 2.45) is 0 Å². The van der Waals surface area contributed by atoms with Gasteiger partial charge in [0.1, 0.15) is 4.90 Å². The minimum absolute atomic E-state index is 0.229. The molecule has 0 spiro atoms. The molecule has 10 heteroatoms. The maximum atomic E-state index is 12.6.